The molecular formula is C17H23NO2. The Bertz CT molecular complexity index is 565. The summed E-state index contributed by atoms with van der Waals surface area (Å²) in [7, 11) is 0. The lowest BCUT2D eigenvalue weighted by Crippen LogP contribution is -2.50. The summed E-state index contributed by atoms with van der Waals surface area (Å²) in [6, 6.07) is 7.94. The van der Waals surface area contributed by atoms with E-state index in [1.807, 2.05) is 58.9 Å². The van der Waals surface area contributed by atoms with Gasteiger partial charge in [0.15, 0.2) is 0 Å². The topological polar surface area (TPSA) is 29.5 Å². The van der Waals surface area contributed by atoms with Crippen molar-refractivity contribution >= 4 is 17.4 Å². The molecule has 108 valence electrons. The minimum atomic E-state index is -0.502. The third kappa shape index (κ3) is 2.72. The molecule has 0 atom stereocenters. The number of hydrogen-bond donors (Lipinski definition) is 0. The fraction of sp³-hybridized carbons (Fsp3) is 0.471. The molecule has 1 amide bonds. The van der Waals surface area contributed by atoms with Crippen molar-refractivity contribution in [3.05, 3.63) is 35.9 Å². The second-order valence-corrected chi connectivity index (χ2v) is 6.81. The molecule has 0 fully saturated rings. The Morgan fingerprint density at radius 1 is 1.20 bits per heavy atom. The van der Waals surface area contributed by atoms with Crippen LogP contribution >= 0.6 is 0 Å². The highest BCUT2D eigenvalue weighted by Crippen LogP contribution is 2.39. The van der Waals surface area contributed by atoms with E-state index in [0.29, 0.717) is 0 Å². The van der Waals surface area contributed by atoms with Gasteiger partial charge in [-0.05, 0) is 53.2 Å². The molecule has 0 spiro atoms. The lowest BCUT2D eigenvalue weighted by atomic mass is 9.89. The number of para-hydroxylation sites is 1. The number of ether oxygens (including phenoxy) is 1. The third-order valence-electron chi connectivity index (χ3n) is 3.29. The van der Waals surface area contributed by atoms with Crippen molar-refractivity contribution in [2.24, 2.45) is 0 Å². The molecule has 2 rings (SSSR count). The molecule has 20 heavy (non-hydrogen) atoms. The van der Waals surface area contributed by atoms with Crippen LogP contribution in [-0.2, 0) is 4.74 Å². The maximum atomic E-state index is 12.6. The number of carbonyl (C=O) groups is 1. The van der Waals surface area contributed by atoms with E-state index in [9.17, 15) is 4.79 Å². The molecule has 0 bridgehead atoms. The Balaban J connectivity index is 2.49. The second kappa shape index (κ2) is 4.65. The van der Waals surface area contributed by atoms with Crippen molar-refractivity contribution in [3.8, 4) is 0 Å². The molecule has 1 aromatic carbocycles. The van der Waals surface area contributed by atoms with Crippen LogP contribution in [0.4, 0.5) is 10.5 Å². The first-order chi connectivity index (χ1) is 9.12. The predicted molar refractivity (Wildman–Crippen MR) is 82.9 cm³/mol. The van der Waals surface area contributed by atoms with Crippen molar-refractivity contribution in [3.63, 3.8) is 0 Å². The lowest BCUT2D eigenvalue weighted by Gasteiger charge is -2.41. The van der Waals surface area contributed by atoms with Gasteiger partial charge in [-0.1, -0.05) is 24.3 Å². The third-order valence-corrected chi connectivity index (χ3v) is 3.29. The van der Waals surface area contributed by atoms with Crippen molar-refractivity contribution in [1.82, 2.24) is 0 Å². The number of hydrogen-bond acceptors (Lipinski definition) is 2. The number of nitrogens with zero attached hydrogens (tertiary/aromatic N) is 1. The van der Waals surface area contributed by atoms with Gasteiger partial charge >= 0.3 is 6.09 Å². The quantitative estimate of drug-likeness (QED) is 0.690. The van der Waals surface area contributed by atoms with E-state index in [-0.39, 0.29) is 6.09 Å². The monoisotopic (exact) mass is 273 g/mol. The first kappa shape index (κ1) is 14.6. The van der Waals surface area contributed by atoms with Crippen LogP contribution in [0.1, 0.15) is 47.1 Å². The van der Waals surface area contributed by atoms with Crippen LogP contribution in [0.2, 0.25) is 0 Å². The van der Waals surface area contributed by atoms with Gasteiger partial charge in [0.1, 0.15) is 5.60 Å². The van der Waals surface area contributed by atoms with E-state index < -0.39 is 11.1 Å². The molecule has 1 aromatic rings. The normalized spacial score (nSPS) is 17.3. The number of allylic oxidation sites excluding steroid dienone is 1. The Labute approximate surface area is 121 Å². The summed E-state index contributed by atoms with van der Waals surface area (Å²) in [6.07, 6.45) is 1.80. The Hall–Kier alpha value is -1.77. The van der Waals surface area contributed by atoms with Crippen molar-refractivity contribution in [2.75, 3.05) is 4.90 Å². The molecule has 3 nitrogen and oxygen atoms in total. The van der Waals surface area contributed by atoms with Gasteiger partial charge in [-0.3, -0.25) is 4.90 Å². The highest BCUT2D eigenvalue weighted by atomic mass is 16.6. The van der Waals surface area contributed by atoms with Gasteiger partial charge in [0.2, 0.25) is 0 Å². The van der Waals surface area contributed by atoms with Crippen LogP contribution in [-0.4, -0.2) is 17.2 Å². The first-order valence-corrected chi connectivity index (χ1v) is 6.94. The number of rotatable bonds is 0. The molecule has 1 heterocycles. The summed E-state index contributed by atoms with van der Waals surface area (Å²) >= 11 is 0. The lowest BCUT2D eigenvalue weighted by molar-refractivity contribution is 0.0556. The maximum Gasteiger partial charge on any atom is 0.415 e. The molecule has 0 radical (unpaired) electrons. The van der Waals surface area contributed by atoms with Gasteiger partial charge in [-0.2, -0.15) is 0 Å². The van der Waals surface area contributed by atoms with Gasteiger partial charge in [-0.25, -0.2) is 4.79 Å². The number of benzene rings is 1. The minimum absolute atomic E-state index is 0.307. The minimum Gasteiger partial charge on any atom is -0.443 e. The van der Waals surface area contributed by atoms with Crippen LogP contribution in [0.15, 0.2) is 30.3 Å². The molecule has 0 saturated heterocycles. The SMILES string of the molecule is CC1=CC(C)(C)N(C(=O)OC(C)(C)C)c2ccccc21. The molecule has 1 aliphatic heterocycles. The van der Waals surface area contributed by atoms with Crippen LogP contribution in [0.3, 0.4) is 0 Å². The summed E-state index contributed by atoms with van der Waals surface area (Å²) in [5.74, 6) is 0. The zero-order valence-corrected chi connectivity index (χ0v) is 13.2. The standard InChI is InChI=1S/C17H23NO2/c1-12-11-17(5,6)18(15(19)20-16(2,3)4)14-10-8-7-9-13(12)14/h7-11H,1-6H3. The zero-order valence-electron chi connectivity index (χ0n) is 13.2. The Kier molecular flexibility index (Phi) is 3.41. The van der Waals surface area contributed by atoms with E-state index >= 15 is 0 Å². The number of fused-ring (bicyclic) bond motifs is 1. The van der Waals surface area contributed by atoms with E-state index in [0.717, 1.165) is 11.3 Å². The zero-order chi connectivity index (χ0) is 15.1. The maximum absolute atomic E-state index is 12.6. The molecule has 0 aliphatic carbocycles. The van der Waals surface area contributed by atoms with E-state index in [1.165, 1.54) is 5.57 Å². The number of amides is 1. The van der Waals surface area contributed by atoms with Gasteiger partial charge in [0.05, 0.1) is 11.2 Å². The van der Waals surface area contributed by atoms with Gasteiger partial charge < -0.3 is 4.74 Å². The van der Waals surface area contributed by atoms with E-state index in [4.69, 9.17) is 4.74 Å². The molecular weight excluding hydrogens is 250 g/mol. The molecule has 1 aliphatic rings. The molecule has 0 unspecified atom stereocenters. The smallest absolute Gasteiger partial charge is 0.415 e. The molecule has 0 N–H and O–H groups in total. The molecule has 3 heteroatoms. The Morgan fingerprint density at radius 2 is 1.80 bits per heavy atom. The second-order valence-electron chi connectivity index (χ2n) is 6.81. The summed E-state index contributed by atoms with van der Waals surface area (Å²) in [5.41, 5.74) is 2.27. The number of anilines is 1. The van der Waals surface area contributed by atoms with E-state index in [1.54, 1.807) is 4.90 Å². The largest absolute Gasteiger partial charge is 0.443 e. The summed E-state index contributed by atoms with van der Waals surface area (Å²) < 4.78 is 5.56. The van der Waals surface area contributed by atoms with Gasteiger partial charge in [0, 0.05) is 5.56 Å². The highest BCUT2D eigenvalue weighted by Gasteiger charge is 2.37. The van der Waals surface area contributed by atoms with Crippen molar-refractivity contribution in [2.45, 2.75) is 52.7 Å². The van der Waals surface area contributed by atoms with Crippen molar-refractivity contribution < 1.29 is 9.53 Å². The summed E-state index contributed by atoms with van der Waals surface area (Å²) in [5, 5.41) is 0. The van der Waals surface area contributed by atoms with Crippen LogP contribution < -0.4 is 4.90 Å². The van der Waals surface area contributed by atoms with Crippen LogP contribution in [0, 0.1) is 0 Å². The fourth-order valence-electron chi connectivity index (χ4n) is 2.63. The summed E-state index contributed by atoms with van der Waals surface area (Å²) in [6.45, 7) is 11.8. The average molecular weight is 273 g/mol. The van der Waals surface area contributed by atoms with Gasteiger partial charge in [0.25, 0.3) is 0 Å². The highest BCUT2D eigenvalue weighted by molar-refractivity contribution is 5.96. The Morgan fingerprint density at radius 3 is 2.40 bits per heavy atom. The predicted octanol–water partition coefficient (Wildman–Crippen LogP) is 4.62. The fourth-order valence-corrected chi connectivity index (χ4v) is 2.63. The average Bonchev–Trinajstić information content (AvgIpc) is 2.25. The molecule has 0 aromatic heterocycles. The summed E-state index contributed by atoms with van der Waals surface area (Å²) in [4.78, 5) is 14.3. The van der Waals surface area contributed by atoms with E-state index in [2.05, 4.69) is 13.0 Å². The van der Waals surface area contributed by atoms with Crippen LogP contribution in [0.25, 0.3) is 5.57 Å². The van der Waals surface area contributed by atoms with Crippen molar-refractivity contribution in [1.29, 1.82) is 0 Å². The first-order valence-electron chi connectivity index (χ1n) is 6.94. The molecule has 0 saturated carbocycles. The van der Waals surface area contributed by atoms with Gasteiger partial charge in [-0.15, -0.1) is 0 Å². The number of carbonyl (C=O) groups excluding carboxylic acids is 1. The van der Waals surface area contributed by atoms with Crippen LogP contribution in [0.5, 0.6) is 0 Å².